The van der Waals surface area contributed by atoms with Crippen molar-refractivity contribution in [3.05, 3.63) is 83.4 Å². The van der Waals surface area contributed by atoms with E-state index in [0.717, 1.165) is 0 Å². The lowest BCUT2D eigenvalue weighted by Gasteiger charge is -2.19. The second-order valence-corrected chi connectivity index (χ2v) is 7.72. The maximum absolute atomic E-state index is 13.0. The molecule has 0 saturated heterocycles. The Labute approximate surface area is 219 Å². The molecule has 0 aliphatic rings. The quantitative estimate of drug-likeness (QED) is 0.255. The maximum atomic E-state index is 13.0. The summed E-state index contributed by atoms with van der Waals surface area (Å²) < 4.78 is 37.1. The largest absolute Gasteiger partial charge is 0.497 e. The minimum absolute atomic E-state index is 0.107. The van der Waals surface area contributed by atoms with E-state index in [0.29, 0.717) is 17.1 Å². The fourth-order valence-electron chi connectivity index (χ4n) is 3.34. The van der Waals surface area contributed by atoms with Gasteiger partial charge in [0.05, 0.1) is 34.0 Å². The molecule has 0 radical (unpaired) electrons. The molecule has 0 aliphatic heterocycles. The third-order valence-electron chi connectivity index (χ3n) is 5.34. The number of rotatable bonds is 12. The van der Waals surface area contributed by atoms with Gasteiger partial charge >= 0.3 is 17.9 Å². The van der Waals surface area contributed by atoms with Crippen molar-refractivity contribution in [1.29, 1.82) is 0 Å². The number of methoxy groups -OCH3 is 4. The molecule has 0 aliphatic carbocycles. The Hall–Kier alpha value is -4.73. The molecule has 0 spiro atoms. The smallest absolute Gasteiger partial charge is 0.342 e. The van der Waals surface area contributed by atoms with Crippen LogP contribution in [0.3, 0.4) is 0 Å². The molecular weight excluding hydrogens is 496 g/mol. The fraction of sp³-hybridized carbons (Fsp3) is 0.250. The van der Waals surface area contributed by atoms with Gasteiger partial charge in [0, 0.05) is 12.1 Å². The van der Waals surface area contributed by atoms with Crippen molar-refractivity contribution in [2.45, 2.75) is 6.10 Å². The summed E-state index contributed by atoms with van der Waals surface area (Å²) >= 11 is 0. The van der Waals surface area contributed by atoms with Crippen LogP contribution >= 0.6 is 0 Å². The number of carbonyl (C=O) groups excluding carboxylic acids is 3. The van der Waals surface area contributed by atoms with Gasteiger partial charge < -0.3 is 33.2 Å². The molecule has 3 rings (SSSR count). The maximum Gasteiger partial charge on any atom is 0.342 e. The Morgan fingerprint density at radius 1 is 0.605 bits per heavy atom. The number of hydrogen-bond donors (Lipinski definition) is 0. The lowest BCUT2D eigenvalue weighted by molar-refractivity contribution is -0.0256. The zero-order valence-corrected chi connectivity index (χ0v) is 21.4. The molecule has 0 saturated carbocycles. The first kappa shape index (κ1) is 27.9. The molecule has 0 bridgehead atoms. The molecule has 10 nitrogen and oxygen atoms in total. The van der Waals surface area contributed by atoms with Gasteiger partial charge in [-0.2, -0.15) is 0 Å². The van der Waals surface area contributed by atoms with Crippen molar-refractivity contribution in [2.24, 2.45) is 0 Å². The third kappa shape index (κ3) is 7.16. The number of hydrogen-bond acceptors (Lipinski definition) is 10. The average molecular weight is 525 g/mol. The summed E-state index contributed by atoms with van der Waals surface area (Å²) in [5, 5.41) is 0. The van der Waals surface area contributed by atoms with Crippen molar-refractivity contribution in [1.82, 2.24) is 0 Å². The standard InChI is InChI=1S/C28H28O10/c1-32-19-10-12-22(24(14-19)34-3)27(30)37-17-21(16-36-26(29)18-8-6-5-7-9-18)38-28(31)23-13-11-20(33-2)15-25(23)35-4/h5-15,21H,16-17H2,1-4H3. The van der Waals surface area contributed by atoms with E-state index in [-0.39, 0.29) is 29.2 Å². The summed E-state index contributed by atoms with van der Waals surface area (Å²) in [5.41, 5.74) is 0.557. The summed E-state index contributed by atoms with van der Waals surface area (Å²) in [6.07, 6.45) is -1.13. The van der Waals surface area contributed by atoms with Crippen LogP contribution < -0.4 is 18.9 Å². The first-order chi connectivity index (χ1) is 18.4. The predicted octanol–water partition coefficient (Wildman–Crippen LogP) is 3.96. The Morgan fingerprint density at radius 2 is 1.11 bits per heavy atom. The Bertz CT molecular complexity index is 1260. The summed E-state index contributed by atoms with van der Waals surface area (Å²) in [6, 6.07) is 17.5. The number of benzene rings is 3. The van der Waals surface area contributed by atoms with Crippen LogP contribution in [0, 0.1) is 0 Å². The molecule has 10 heteroatoms. The molecule has 0 aromatic heterocycles. The molecule has 3 aromatic rings. The van der Waals surface area contributed by atoms with E-state index in [1.54, 1.807) is 42.5 Å². The lowest BCUT2D eigenvalue weighted by atomic mass is 10.2. The molecule has 0 heterocycles. The highest BCUT2D eigenvalue weighted by Gasteiger charge is 2.24. The average Bonchev–Trinajstić information content (AvgIpc) is 2.97. The molecule has 200 valence electrons. The Kier molecular flexibility index (Phi) is 9.93. The third-order valence-corrected chi connectivity index (χ3v) is 5.34. The molecule has 0 fully saturated rings. The van der Waals surface area contributed by atoms with E-state index < -0.39 is 30.6 Å². The van der Waals surface area contributed by atoms with Crippen LogP contribution in [0.4, 0.5) is 0 Å². The Morgan fingerprint density at radius 3 is 1.61 bits per heavy atom. The summed E-state index contributed by atoms with van der Waals surface area (Å²) in [5.74, 6) is -0.710. The van der Waals surface area contributed by atoms with Crippen LogP contribution in [0.5, 0.6) is 23.0 Å². The van der Waals surface area contributed by atoms with Gasteiger partial charge in [0.2, 0.25) is 0 Å². The zero-order valence-electron chi connectivity index (χ0n) is 21.4. The highest BCUT2D eigenvalue weighted by Crippen LogP contribution is 2.27. The molecular formula is C28H28O10. The van der Waals surface area contributed by atoms with Crippen LogP contribution in [0.25, 0.3) is 0 Å². The number of carbonyl (C=O) groups is 3. The van der Waals surface area contributed by atoms with Crippen LogP contribution in [0.1, 0.15) is 31.1 Å². The van der Waals surface area contributed by atoms with Crippen LogP contribution in [-0.4, -0.2) is 65.7 Å². The van der Waals surface area contributed by atoms with Crippen LogP contribution in [0.2, 0.25) is 0 Å². The van der Waals surface area contributed by atoms with Gasteiger partial charge in [0.1, 0.15) is 47.3 Å². The van der Waals surface area contributed by atoms with E-state index in [9.17, 15) is 14.4 Å². The first-order valence-corrected chi connectivity index (χ1v) is 11.4. The van der Waals surface area contributed by atoms with Crippen molar-refractivity contribution in [2.75, 3.05) is 41.7 Å². The second-order valence-electron chi connectivity index (χ2n) is 7.72. The monoisotopic (exact) mass is 524 g/mol. The topological polar surface area (TPSA) is 116 Å². The van der Waals surface area contributed by atoms with Gasteiger partial charge in [-0.3, -0.25) is 0 Å². The first-order valence-electron chi connectivity index (χ1n) is 11.4. The molecule has 1 atom stereocenters. The van der Waals surface area contributed by atoms with E-state index in [1.807, 2.05) is 0 Å². The lowest BCUT2D eigenvalue weighted by Crippen LogP contribution is -2.31. The molecule has 3 aromatic carbocycles. The Balaban J connectivity index is 1.76. The molecule has 38 heavy (non-hydrogen) atoms. The highest BCUT2D eigenvalue weighted by molar-refractivity contribution is 5.94. The normalized spacial score (nSPS) is 11.1. The minimum Gasteiger partial charge on any atom is -0.497 e. The predicted molar refractivity (Wildman–Crippen MR) is 135 cm³/mol. The van der Waals surface area contributed by atoms with Gasteiger partial charge in [-0.05, 0) is 36.4 Å². The van der Waals surface area contributed by atoms with Crippen molar-refractivity contribution in [3.8, 4) is 23.0 Å². The molecule has 0 N–H and O–H groups in total. The van der Waals surface area contributed by atoms with Crippen LogP contribution in [-0.2, 0) is 14.2 Å². The van der Waals surface area contributed by atoms with E-state index in [1.165, 1.54) is 52.7 Å². The van der Waals surface area contributed by atoms with Gasteiger partial charge in [-0.25, -0.2) is 14.4 Å². The zero-order chi connectivity index (χ0) is 27.5. The summed E-state index contributed by atoms with van der Waals surface area (Å²) in [4.78, 5) is 38.2. The number of esters is 3. The van der Waals surface area contributed by atoms with Gasteiger partial charge in [0.15, 0.2) is 6.10 Å². The summed E-state index contributed by atoms with van der Waals surface area (Å²) in [6.45, 7) is -0.773. The molecule has 1 unspecified atom stereocenters. The van der Waals surface area contributed by atoms with E-state index in [4.69, 9.17) is 33.2 Å². The van der Waals surface area contributed by atoms with E-state index >= 15 is 0 Å². The summed E-state index contributed by atoms with van der Waals surface area (Å²) in [7, 11) is 5.77. The van der Waals surface area contributed by atoms with Crippen LogP contribution in [0.15, 0.2) is 66.7 Å². The molecule has 0 amide bonds. The van der Waals surface area contributed by atoms with Crippen molar-refractivity contribution >= 4 is 17.9 Å². The minimum atomic E-state index is -1.13. The van der Waals surface area contributed by atoms with Gasteiger partial charge in [-0.1, -0.05) is 18.2 Å². The highest BCUT2D eigenvalue weighted by atomic mass is 16.6. The van der Waals surface area contributed by atoms with Crippen molar-refractivity contribution < 1.29 is 47.5 Å². The van der Waals surface area contributed by atoms with Gasteiger partial charge in [-0.15, -0.1) is 0 Å². The van der Waals surface area contributed by atoms with E-state index in [2.05, 4.69) is 0 Å². The fourth-order valence-corrected chi connectivity index (χ4v) is 3.34. The van der Waals surface area contributed by atoms with Crippen molar-refractivity contribution in [3.63, 3.8) is 0 Å². The van der Waals surface area contributed by atoms with Gasteiger partial charge in [0.25, 0.3) is 0 Å². The number of ether oxygens (including phenoxy) is 7. The SMILES string of the molecule is COc1ccc(C(=O)OCC(COC(=O)c2ccccc2)OC(=O)c2ccc(OC)cc2OC)c(OC)c1. The second kappa shape index (κ2) is 13.5.